The molecule has 0 aromatic heterocycles. The number of rotatable bonds is 3. The van der Waals surface area contributed by atoms with Gasteiger partial charge in [-0.25, -0.2) is 4.39 Å². The Hall–Kier alpha value is -1.42. The Bertz CT molecular complexity index is 385. The van der Waals surface area contributed by atoms with Crippen LogP contribution in [0, 0.1) is 5.82 Å². The Labute approximate surface area is 100 Å². The van der Waals surface area contributed by atoms with Gasteiger partial charge in [0.1, 0.15) is 11.9 Å². The van der Waals surface area contributed by atoms with E-state index in [1.165, 1.54) is 12.1 Å². The highest BCUT2D eigenvalue weighted by Gasteiger charge is 2.28. The standard InChI is InChI=1S/C13H16FNO2/c1-2-15(11-7-5-10(14)6-8-11)13(16)12-4-3-9-17-12/h5-8,12H,2-4,9H2,1H3. The van der Waals surface area contributed by atoms with Gasteiger partial charge < -0.3 is 9.64 Å². The fraction of sp³-hybridized carbons (Fsp3) is 0.462. The minimum Gasteiger partial charge on any atom is -0.368 e. The van der Waals surface area contributed by atoms with E-state index in [0.29, 0.717) is 13.2 Å². The van der Waals surface area contributed by atoms with Gasteiger partial charge in [-0.3, -0.25) is 4.79 Å². The average molecular weight is 237 g/mol. The molecule has 1 aliphatic rings. The maximum atomic E-state index is 12.8. The Morgan fingerprint density at radius 1 is 1.47 bits per heavy atom. The molecule has 4 heteroatoms. The summed E-state index contributed by atoms with van der Waals surface area (Å²) in [7, 11) is 0. The third kappa shape index (κ3) is 2.64. The second-order valence-corrected chi connectivity index (χ2v) is 4.06. The highest BCUT2D eigenvalue weighted by atomic mass is 19.1. The van der Waals surface area contributed by atoms with Crippen molar-refractivity contribution in [3.05, 3.63) is 30.1 Å². The SMILES string of the molecule is CCN(C(=O)C1CCCO1)c1ccc(F)cc1. The van der Waals surface area contributed by atoms with Crippen LogP contribution < -0.4 is 4.90 Å². The molecule has 1 aromatic carbocycles. The van der Waals surface area contributed by atoms with E-state index in [0.717, 1.165) is 18.5 Å². The topological polar surface area (TPSA) is 29.5 Å². The van der Waals surface area contributed by atoms with Crippen LogP contribution in [-0.4, -0.2) is 25.2 Å². The molecule has 0 spiro atoms. The molecule has 1 heterocycles. The van der Waals surface area contributed by atoms with Gasteiger partial charge in [0.25, 0.3) is 5.91 Å². The number of halogens is 1. The maximum Gasteiger partial charge on any atom is 0.256 e. The third-order valence-corrected chi connectivity index (χ3v) is 2.93. The van der Waals surface area contributed by atoms with Crippen LogP contribution in [0.2, 0.25) is 0 Å². The summed E-state index contributed by atoms with van der Waals surface area (Å²) >= 11 is 0. The first-order chi connectivity index (χ1) is 8.22. The van der Waals surface area contributed by atoms with Gasteiger partial charge in [0.05, 0.1) is 0 Å². The van der Waals surface area contributed by atoms with Crippen LogP contribution in [0.1, 0.15) is 19.8 Å². The number of nitrogens with zero attached hydrogens (tertiary/aromatic N) is 1. The van der Waals surface area contributed by atoms with E-state index >= 15 is 0 Å². The molecule has 0 saturated carbocycles. The van der Waals surface area contributed by atoms with Crippen molar-refractivity contribution in [2.75, 3.05) is 18.1 Å². The van der Waals surface area contributed by atoms with Crippen LogP contribution in [0.5, 0.6) is 0 Å². The number of amides is 1. The zero-order valence-electron chi connectivity index (χ0n) is 9.86. The number of hydrogen-bond acceptors (Lipinski definition) is 2. The number of ether oxygens (including phenoxy) is 1. The normalized spacial score (nSPS) is 19.3. The van der Waals surface area contributed by atoms with Crippen molar-refractivity contribution < 1.29 is 13.9 Å². The lowest BCUT2D eigenvalue weighted by Crippen LogP contribution is -2.38. The van der Waals surface area contributed by atoms with Gasteiger partial charge in [0.15, 0.2) is 0 Å². The molecule has 0 radical (unpaired) electrons. The second-order valence-electron chi connectivity index (χ2n) is 4.06. The monoisotopic (exact) mass is 237 g/mol. The largest absolute Gasteiger partial charge is 0.368 e. The molecule has 2 rings (SSSR count). The number of benzene rings is 1. The van der Waals surface area contributed by atoms with E-state index in [4.69, 9.17) is 4.74 Å². The van der Waals surface area contributed by atoms with Crippen molar-refractivity contribution in [2.24, 2.45) is 0 Å². The fourth-order valence-electron chi connectivity index (χ4n) is 2.03. The van der Waals surface area contributed by atoms with Crippen molar-refractivity contribution in [3.8, 4) is 0 Å². The number of carbonyl (C=O) groups excluding carboxylic acids is 1. The maximum absolute atomic E-state index is 12.8. The van der Waals surface area contributed by atoms with E-state index in [1.54, 1.807) is 17.0 Å². The molecule has 17 heavy (non-hydrogen) atoms. The second kappa shape index (κ2) is 5.27. The van der Waals surface area contributed by atoms with Crippen LogP contribution in [-0.2, 0) is 9.53 Å². The Morgan fingerprint density at radius 2 is 2.18 bits per heavy atom. The summed E-state index contributed by atoms with van der Waals surface area (Å²) in [5.74, 6) is -0.328. The average Bonchev–Trinajstić information content (AvgIpc) is 2.86. The summed E-state index contributed by atoms with van der Waals surface area (Å²) in [6.45, 7) is 3.11. The van der Waals surface area contributed by atoms with E-state index in [9.17, 15) is 9.18 Å². The zero-order valence-corrected chi connectivity index (χ0v) is 9.86. The molecule has 3 nitrogen and oxygen atoms in total. The van der Waals surface area contributed by atoms with Crippen LogP contribution in [0.25, 0.3) is 0 Å². The summed E-state index contributed by atoms with van der Waals surface area (Å²) < 4.78 is 18.2. The molecule has 1 atom stereocenters. The zero-order chi connectivity index (χ0) is 12.3. The molecular weight excluding hydrogens is 221 g/mol. The van der Waals surface area contributed by atoms with Crippen molar-refractivity contribution in [1.82, 2.24) is 0 Å². The Kier molecular flexibility index (Phi) is 3.74. The van der Waals surface area contributed by atoms with Gasteiger partial charge in [0.2, 0.25) is 0 Å². The molecule has 1 unspecified atom stereocenters. The lowest BCUT2D eigenvalue weighted by Gasteiger charge is -2.23. The van der Waals surface area contributed by atoms with Gasteiger partial charge in [0, 0.05) is 18.8 Å². The summed E-state index contributed by atoms with van der Waals surface area (Å²) in [5, 5.41) is 0. The summed E-state index contributed by atoms with van der Waals surface area (Å²) in [6, 6.07) is 5.96. The number of carbonyl (C=O) groups is 1. The van der Waals surface area contributed by atoms with E-state index in [2.05, 4.69) is 0 Å². The molecule has 1 fully saturated rings. The molecule has 0 aliphatic carbocycles. The summed E-state index contributed by atoms with van der Waals surface area (Å²) in [4.78, 5) is 13.8. The van der Waals surface area contributed by atoms with E-state index < -0.39 is 0 Å². The van der Waals surface area contributed by atoms with E-state index in [-0.39, 0.29) is 17.8 Å². The molecule has 1 aliphatic heterocycles. The van der Waals surface area contributed by atoms with Crippen LogP contribution >= 0.6 is 0 Å². The highest BCUT2D eigenvalue weighted by Crippen LogP contribution is 2.20. The van der Waals surface area contributed by atoms with E-state index in [1.807, 2.05) is 6.92 Å². The molecule has 92 valence electrons. The molecule has 1 aromatic rings. The third-order valence-electron chi connectivity index (χ3n) is 2.93. The van der Waals surface area contributed by atoms with Gasteiger partial charge in [-0.1, -0.05) is 0 Å². The molecule has 0 N–H and O–H groups in total. The lowest BCUT2D eigenvalue weighted by molar-refractivity contribution is -0.127. The van der Waals surface area contributed by atoms with Crippen LogP contribution in [0.15, 0.2) is 24.3 Å². The number of hydrogen-bond donors (Lipinski definition) is 0. The van der Waals surface area contributed by atoms with Gasteiger partial charge >= 0.3 is 0 Å². The van der Waals surface area contributed by atoms with Crippen LogP contribution in [0.3, 0.4) is 0 Å². The van der Waals surface area contributed by atoms with Gasteiger partial charge in [-0.15, -0.1) is 0 Å². The summed E-state index contributed by atoms with van der Waals surface area (Å²) in [6.07, 6.45) is 1.37. The first-order valence-corrected chi connectivity index (χ1v) is 5.91. The minimum atomic E-state index is -0.333. The smallest absolute Gasteiger partial charge is 0.256 e. The van der Waals surface area contributed by atoms with Crippen molar-refractivity contribution in [3.63, 3.8) is 0 Å². The Morgan fingerprint density at radius 3 is 2.71 bits per heavy atom. The fourth-order valence-corrected chi connectivity index (χ4v) is 2.03. The van der Waals surface area contributed by atoms with Crippen molar-refractivity contribution >= 4 is 11.6 Å². The molecule has 1 amide bonds. The number of anilines is 1. The van der Waals surface area contributed by atoms with Gasteiger partial charge in [-0.2, -0.15) is 0 Å². The highest BCUT2D eigenvalue weighted by molar-refractivity contribution is 5.96. The van der Waals surface area contributed by atoms with Crippen molar-refractivity contribution in [2.45, 2.75) is 25.9 Å². The molecular formula is C13H16FNO2. The molecule has 1 saturated heterocycles. The predicted octanol–water partition coefficient (Wildman–Crippen LogP) is 2.36. The van der Waals surface area contributed by atoms with Crippen LogP contribution in [0.4, 0.5) is 10.1 Å². The number of likely N-dealkylation sites (N-methyl/N-ethyl adjacent to an activating group) is 1. The predicted molar refractivity (Wildman–Crippen MR) is 63.4 cm³/mol. The minimum absolute atomic E-state index is 0.0309. The Balaban J connectivity index is 2.14. The quantitative estimate of drug-likeness (QED) is 0.807. The van der Waals surface area contributed by atoms with Gasteiger partial charge in [-0.05, 0) is 44.0 Å². The first-order valence-electron chi connectivity index (χ1n) is 5.91. The molecule has 0 bridgehead atoms. The summed E-state index contributed by atoms with van der Waals surface area (Å²) in [5.41, 5.74) is 0.717. The lowest BCUT2D eigenvalue weighted by atomic mass is 10.2. The first kappa shape index (κ1) is 12.0. The van der Waals surface area contributed by atoms with Crippen molar-refractivity contribution in [1.29, 1.82) is 0 Å².